The fourth-order valence-electron chi connectivity index (χ4n) is 2.31. The fraction of sp³-hybridized carbons (Fsp3) is 0.923. The zero-order chi connectivity index (χ0) is 11.2. The van der Waals surface area contributed by atoms with Crippen LogP contribution in [0.4, 0.5) is 0 Å². The van der Waals surface area contributed by atoms with E-state index in [1.54, 1.807) is 0 Å². The Morgan fingerprint density at radius 3 is 2.75 bits per heavy atom. The third-order valence-corrected chi connectivity index (χ3v) is 3.64. The van der Waals surface area contributed by atoms with Gasteiger partial charge in [0.25, 0.3) is 0 Å². The molecule has 1 saturated heterocycles. The highest BCUT2D eigenvalue weighted by Crippen LogP contribution is 2.32. The van der Waals surface area contributed by atoms with Crippen LogP contribution >= 0.6 is 0 Å². The molecule has 1 saturated carbocycles. The van der Waals surface area contributed by atoms with E-state index in [-0.39, 0.29) is 5.97 Å². The van der Waals surface area contributed by atoms with E-state index >= 15 is 0 Å². The van der Waals surface area contributed by atoms with Crippen LogP contribution in [0.1, 0.15) is 44.9 Å². The number of carbonyl (C=O) groups is 1. The van der Waals surface area contributed by atoms with Crippen molar-refractivity contribution in [1.82, 2.24) is 5.32 Å². The van der Waals surface area contributed by atoms with Crippen LogP contribution in [0.3, 0.4) is 0 Å². The molecule has 1 atom stereocenters. The summed E-state index contributed by atoms with van der Waals surface area (Å²) in [6.45, 7) is 2.87. The van der Waals surface area contributed by atoms with Gasteiger partial charge in [-0.05, 0) is 50.6 Å². The number of rotatable bonds is 6. The van der Waals surface area contributed by atoms with Gasteiger partial charge in [0.15, 0.2) is 0 Å². The van der Waals surface area contributed by atoms with Gasteiger partial charge < -0.3 is 10.1 Å². The molecule has 0 radical (unpaired) electrons. The van der Waals surface area contributed by atoms with Gasteiger partial charge in [0.05, 0.1) is 6.61 Å². The summed E-state index contributed by atoms with van der Waals surface area (Å²) < 4.78 is 5.22. The van der Waals surface area contributed by atoms with E-state index in [4.69, 9.17) is 4.74 Å². The van der Waals surface area contributed by atoms with Crippen LogP contribution in [-0.2, 0) is 9.53 Å². The molecule has 0 amide bonds. The highest BCUT2D eigenvalue weighted by atomic mass is 16.5. The van der Waals surface area contributed by atoms with Crippen LogP contribution in [0.15, 0.2) is 0 Å². The topological polar surface area (TPSA) is 38.3 Å². The molecule has 0 aromatic heterocycles. The molecule has 1 aliphatic carbocycles. The number of esters is 1. The minimum absolute atomic E-state index is 0.00576. The minimum atomic E-state index is 0.00576. The van der Waals surface area contributed by atoms with Crippen LogP contribution in [0.5, 0.6) is 0 Å². The molecule has 2 rings (SSSR count). The first-order chi connectivity index (χ1) is 7.84. The zero-order valence-corrected chi connectivity index (χ0v) is 10.0. The number of hydrogen-bond donors (Lipinski definition) is 1. The Balaban J connectivity index is 1.48. The van der Waals surface area contributed by atoms with Gasteiger partial charge in [-0.2, -0.15) is 0 Å². The summed E-state index contributed by atoms with van der Waals surface area (Å²) in [5.41, 5.74) is 0. The number of carbonyl (C=O) groups excluding carboxylic acids is 1. The molecule has 1 heterocycles. The van der Waals surface area contributed by atoms with Crippen molar-refractivity contribution in [2.24, 2.45) is 11.8 Å². The Morgan fingerprint density at radius 2 is 2.06 bits per heavy atom. The first-order valence-electron chi connectivity index (χ1n) is 6.71. The average Bonchev–Trinajstić information content (AvgIpc) is 3.12. The van der Waals surface area contributed by atoms with Gasteiger partial charge in [0.2, 0.25) is 0 Å². The van der Waals surface area contributed by atoms with Gasteiger partial charge in [-0.15, -0.1) is 0 Å². The van der Waals surface area contributed by atoms with Crippen LogP contribution in [0, 0.1) is 11.8 Å². The molecule has 1 aliphatic heterocycles. The number of ether oxygens (including phenoxy) is 1. The second-order valence-corrected chi connectivity index (χ2v) is 5.20. The lowest BCUT2D eigenvalue weighted by molar-refractivity contribution is -0.144. The molecular weight excluding hydrogens is 202 g/mol. The van der Waals surface area contributed by atoms with Crippen LogP contribution in [0.25, 0.3) is 0 Å². The summed E-state index contributed by atoms with van der Waals surface area (Å²) >= 11 is 0. The van der Waals surface area contributed by atoms with E-state index in [1.165, 1.54) is 25.7 Å². The molecule has 0 aromatic rings. The second-order valence-electron chi connectivity index (χ2n) is 5.20. The number of nitrogens with one attached hydrogen (secondary N) is 1. The number of piperidine rings is 1. The SMILES string of the molecule is O=C(CCC1CCCNC1)OCCC1CC1. The highest BCUT2D eigenvalue weighted by Gasteiger charge is 2.21. The highest BCUT2D eigenvalue weighted by molar-refractivity contribution is 5.69. The Labute approximate surface area is 97.9 Å². The van der Waals surface area contributed by atoms with E-state index < -0.39 is 0 Å². The predicted molar refractivity (Wildman–Crippen MR) is 63.1 cm³/mol. The monoisotopic (exact) mass is 225 g/mol. The van der Waals surface area contributed by atoms with Gasteiger partial charge in [-0.25, -0.2) is 0 Å². The summed E-state index contributed by atoms with van der Waals surface area (Å²) in [6.07, 6.45) is 7.88. The third kappa shape index (κ3) is 4.52. The maximum absolute atomic E-state index is 11.4. The zero-order valence-electron chi connectivity index (χ0n) is 10.0. The van der Waals surface area contributed by atoms with E-state index in [9.17, 15) is 4.79 Å². The molecule has 2 fully saturated rings. The van der Waals surface area contributed by atoms with Crippen molar-refractivity contribution in [2.75, 3.05) is 19.7 Å². The lowest BCUT2D eigenvalue weighted by Crippen LogP contribution is -2.30. The summed E-state index contributed by atoms with van der Waals surface area (Å²) in [5, 5.41) is 3.37. The van der Waals surface area contributed by atoms with Crippen molar-refractivity contribution in [3.63, 3.8) is 0 Å². The van der Waals surface area contributed by atoms with Crippen molar-refractivity contribution in [1.29, 1.82) is 0 Å². The molecule has 1 N–H and O–H groups in total. The minimum Gasteiger partial charge on any atom is -0.466 e. The van der Waals surface area contributed by atoms with Gasteiger partial charge in [-0.1, -0.05) is 12.8 Å². The van der Waals surface area contributed by atoms with E-state index in [0.717, 1.165) is 31.8 Å². The van der Waals surface area contributed by atoms with Gasteiger partial charge in [0.1, 0.15) is 0 Å². The van der Waals surface area contributed by atoms with Crippen molar-refractivity contribution in [2.45, 2.75) is 44.9 Å². The number of hydrogen-bond acceptors (Lipinski definition) is 3. The van der Waals surface area contributed by atoms with E-state index in [1.807, 2.05) is 0 Å². The molecule has 16 heavy (non-hydrogen) atoms. The summed E-state index contributed by atoms with van der Waals surface area (Å²) in [4.78, 5) is 11.4. The maximum atomic E-state index is 11.4. The quantitative estimate of drug-likeness (QED) is 0.704. The van der Waals surface area contributed by atoms with Crippen LogP contribution in [0.2, 0.25) is 0 Å². The van der Waals surface area contributed by atoms with Crippen LogP contribution < -0.4 is 5.32 Å². The Morgan fingerprint density at radius 1 is 1.19 bits per heavy atom. The molecule has 0 bridgehead atoms. The molecule has 92 valence electrons. The Bertz CT molecular complexity index is 220. The second kappa shape index (κ2) is 6.24. The third-order valence-electron chi connectivity index (χ3n) is 3.64. The Kier molecular flexibility index (Phi) is 4.64. The molecule has 1 unspecified atom stereocenters. The summed E-state index contributed by atoms with van der Waals surface area (Å²) in [5.74, 6) is 1.55. The van der Waals surface area contributed by atoms with Crippen molar-refractivity contribution in [3.8, 4) is 0 Å². The maximum Gasteiger partial charge on any atom is 0.305 e. The first kappa shape index (κ1) is 11.9. The molecule has 0 aromatic carbocycles. The largest absolute Gasteiger partial charge is 0.466 e. The Hall–Kier alpha value is -0.570. The van der Waals surface area contributed by atoms with E-state index in [0.29, 0.717) is 18.9 Å². The van der Waals surface area contributed by atoms with E-state index in [2.05, 4.69) is 5.32 Å². The standard InChI is InChI=1S/C13H23NO2/c15-13(16-9-7-11-3-4-11)6-5-12-2-1-8-14-10-12/h11-12,14H,1-10H2. The van der Waals surface area contributed by atoms with Crippen molar-refractivity contribution < 1.29 is 9.53 Å². The molecular formula is C13H23NO2. The van der Waals surface area contributed by atoms with Gasteiger partial charge in [0, 0.05) is 6.42 Å². The van der Waals surface area contributed by atoms with Crippen molar-refractivity contribution >= 4 is 5.97 Å². The molecule has 3 heteroatoms. The van der Waals surface area contributed by atoms with Crippen LogP contribution in [-0.4, -0.2) is 25.7 Å². The molecule has 2 aliphatic rings. The normalized spacial score (nSPS) is 25.4. The molecule has 0 spiro atoms. The lowest BCUT2D eigenvalue weighted by Gasteiger charge is -2.22. The van der Waals surface area contributed by atoms with Gasteiger partial charge >= 0.3 is 5.97 Å². The summed E-state index contributed by atoms with van der Waals surface area (Å²) in [6, 6.07) is 0. The fourth-order valence-corrected chi connectivity index (χ4v) is 2.31. The molecule has 3 nitrogen and oxygen atoms in total. The van der Waals surface area contributed by atoms with Crippen molar-refractivity contribution in [3.05, 3.63) is 0 Å². The average molecular weight is 225 g/mol. The first-order valence-corrected chi connectivity index (χ1v) is 6.71. The smallest absolute Gasteiger partial charge is 0.305 e. The predicted octanol–water partition coefficient (Wildman–Crippen LogP) is 2.11. The van der Waals surface area contributed by atoms with Gasteiger partial charge in [-0.3, -0.25) is 4.79 Å². The lowest BCUT2D eigenvalue weighted by atomic mass is 9.95. The summed E-state index contributed by atoms with van der Waals surface area (Å²) in [7, 11) is 0.